The zero-order chi connectivity index (χ0) is 28.4. The molecule has 210 valence electrons. The van der Waals surface area contributed by atoms with Crippen LogP contribution in [0.1, 0.15) is 25.0 Å². The van der Waals surface area contributed by atoms with Gasteiger partial charge in [0.2, 0.25) is 5.91 Å². The van der Waals surface area contributed by atoms with E-state index in [0.29, 0.717) is 29.5 Å². The fourth-order valence-corrected chi connectivity index (χ4v) is 4.68. The number of likely N-dealkylation sites (N-methyl/N-ethyl adjacent to an activating group) is 1. The molecule has 4 rings (SSSR count). The van der Waals surface area contributed by atoms with Gasteiger partial charge in [-0.25, -0.2) is 9.48 Å². The number of halogens is 4. The second-order valence-corrected chi connectivity index (χ2v) is 10.8. The fourth-order valence-electron chi connectivity index (χ4n) is 4.55. The molecule has 39 heavy (non-hydrogen) atoms. The van der Waals surface area contributed by atoms with Crippen LogP contribution < -0.4 is 11.0 Å². The summed E-state index contributed by atoms with van der Waals surface area (Å²) in [6, 6.07) is 11.7. The predicted octanol–water partition coefficient (Wildman–Crippen LogP) is 3.68. The highest BCUT2D eigenvalue weighted by atomic mass is 35.5. The van der Waals surface area contributed by atoms with E-state index in [4.69, 9.17) is 11.6 Å². The molecule has 1 aliphatic heterocycles. The second kappa shape index (κ2) is 11.5. The number of nitrogens with one attached hydrogen (secondary N) is 1. The molecule has 1 aromatic heterocycles. The largest absolute Gasteiger partial charge is 0.416 e. The average Bonchev–Trinajstić information content (AvgIpc) is 3.18. The first-order valence-corrected chi connectivity index (χ1v) is 13.0. The number of amides is 1. The number of hydrogen-bond donors (Lipinski definition) is 1. The Morgan fingerprint density at radius 2 is 1.64 bits per heavy atom. The number of nitrogens with zero attached hydrogens (tertiary/aromatic N) is 5. The Balaban J connectivity index is 1.55. The quantitative estimate of drug-likeness (QED) is 0.452. The van der Waals surface area contributed by atoms with Crippen molar-refractivity contribution in [1.29, 1.82) is 0 Å². The van der Waals surface area contributed by atoms with E-state index in [9.17, 15) is 22.8 Å². The third-order valence-electron chi connectivity index (χ3n) is 6.92. The smallest absolute Gasteiger partial charge is 0.346 e. The minimum Gasteiger partial charge on any atom is -0.346 e. The number of carbonyl (C=O) groups excluding carboxylic acids is 1. The molecule has 0 atom stereocenters. The number of hydrogen-bond acceptors (Lipinski definition) is 5. The van der Waals surface area contributed by atoms with Crippen LogP contribution in [0.5, 0.6) is 0 Å². The van der Waals surface area contributed by atoms with Crippen molar-refractivity contribution in [3.63, 3.8) is 0 Å². The molecule has 8 nitrogen and oxygen atoms in total. The van der Waals surface area contributed by atoms with Crippen LogP contribution in [0.3, 0.4) is 0 Å². The van der Waals surface area contributed by atoms with Crippen LogP contribution in [0.15, 0.2) is 53.3 Å². The minimum absolute atomic E-state index is 0.289. The van der Waals surface area contributed by atoms with Crippen LogP contribution in [0.2, 0.25) is 5.02 Å². The molecule has 0 saturated carbocycles. The van der Waals surface area contributed by atoms with Crippen molar-refractivity contribution >= 4 is 17.5 Å². The predicted molar refractivity (Wildman–Crippen MR) is 143 cm³/mol. The van der Waals surface area contributed by atoms with Crippen LogP contribution in [-0.2, 0) is 29.6 Å². The van der Waals surface area contributed by atoms with E-state index in [-0.39, 0.29) is 12.1 Å². The highest BCUT2D eigenvalue weighted by Gasteiger charge is 2.33. The van der Waals surface area contributed by atoms with Gasteiger partial charge in [-0.15, -0.1) is 5.10 Å². The molecule has 0 spiro atoms. The number of carbonyl (C=O) groups is 1. The van der Waals surface area contributed by atoms with Gasteiger partial charge in [0.05, 0.1) is 11.1 Å². The molecule has 0 unspecified atom stereocenters. The van der Waals surface area contributed by atoms with Crippen LogP contribution in [-0.4, -0.2) is 69.8 Å². The van der Waals surface area contributed by atoms with Gasteiger partial charge in [-0.2, -0.15) is 13.2 Å². The van der Waals surface area contributed by atoms with Gasteiger partial charge in [0.1, 0.15) is 6.54 Å². The Morgan fingerprint density at radius 1 is 1.00 bits per heavy atom. The molecule has 2 aromatic carbocycles. The van der Waals surface area contributed by atoms with Gasteiger partial charge in [-0.1, -0.05) is 23.7 Å². The Morgan fingerprint density at radius 3 is 2.28 bits per heavy atom. The third-order valence-corrected chi connectivity index (χ3v) is 7.17. The Bertz CT molecular complexity index is 1360. The van der Waals surface area contributed by atoms with Crippen molar-refractivity contribution in [1.82, 2.24) is 29.5 Å². The van der Waals surface area contributed by atoms with E-state index in [1.807, 2.05) is 0 Å². The van der Waals surface area contributed by atoms with E-state index in [1.165, 1.54) is 12.1 Å². The van der Waals surface area contributed by atoms with E-state index >= 15 is 0 Å². The lowest BCUT2D eigenvalue weighted by molar-refractivity contribution is -0.137. The van der Waals surface area contributed by atoms with E-state index < -0.39 is 28.9 Å². The molecule has 12 heteroatoms. The Labute approximate surface area is 230 Å². The van der Waals surface area contributed by atoms with E-state index in [0.717, 1.165) is 43.0 Å². The van der Waals surface area contributed by atoms with Gasteiger partial charge < -0.3 is 10.2 Å². The normalized spacial score (nSPS) is 15.5. The van der Waals surface area contributed by atoms with Gasteiger partial charge in [0.15, 0.2) is 5.82 Å². The maximum Gasteiger partial charge on any atom is 0.416 e. The summed E-state index contributed by atoms with van der Waals surface area (Å²) in [6.07, 6.45) is -4.50. The molecule has 1 fully saturated rings. The molecule has 1 saturated heterocycles. The molecule has 3 aromatic rings. The minimum atomic E-state index is -4.50. The van der Waals surface area contributed by atoms with Gasteiger partial charge in [0.25, 0.3) is 0 Å². The lowest BCUT2D eigenvalue weighted by Crippen LogP contribution is -2.46. The summed E-state index contributed by atoms with van der Waals surface area (Å²) >= 11 is 6.05. The topological polar surface area (TPSA) is 75.4 Å². The maximum absolute atomic E-state index is 13.4. The van der Waals surface area contributed by atoms with Crippen molar-refractivity contribution in [3.05, 3.63) is 75.2 Å². The second-order valence-electron chi connectivity index (χ2n) is 10.3. The van der Waals surface area contributed by atoms with Gasteiger partial charge >= 0.3 is 11.9 Å². The Kier molecular flexibility index (Phi) is 8.53. The molecule has 0 bridgehead atoms. The average molecular weight is 565 g/mol. The molecule has 2 heterocycles. The molecule has 1 amide bonds. The SMILES string of the molecule is CN1CCN(CCn2c(-c3ccc(Cl)cc3)nn(CC(=O)NC(C)(C)c3cccc(C(F)(F)F)c3)c2=O)CC1. The van der Waals surface area contributed by atoms with Crippen molar-refractivity contribution in [2.75, 3.05) is 39.8 Å². The molecule has 0 radical (unpaired) electrons. The van der Waals surface area contributed by atoms with E-state index in [2.05, 4.69) is 27.3 Å². The molecular formula is C27H32ClF3N6O2. The first-order chi connectivity index (χ1) is 18.3. The summed E-state index contributed by atoms with van der Waals surface area (Å²) in [5, 5.41) is 7.75. The lowest BCUT2D eigenvalue weighted by Gasteiger charge is -2.32. The van der Waals surface area contributed by atoms with Crippen LogP contribution in [0.4, 0.5) is 13.2 Å². The summed E-state index contributed by atoms with van der Waals surface area (Å²) in [4.78, 5) is 30.9. The molecule has 1 N–H and O–H groups in total. The number of piperazine rings is 1. The van der Waals surface area contributed by atoms with Gasteiger partial charge in [-0.05, 0) is 62.9 Å². The van der Waals surface area contributed by atoms with Gasteiger partial charge in [-0.3, -0.25) is 14.3 Å². The van der Waals surface area contributed by atoms with Crippen LogP contribution in [0, 0.1) is 0 Å². The highest BCUT2D eigenvalue weighted by molar-refractivity contribution is 6.30. The van der Waals surface area contributed by atoms with Crippen molar-refractivity contribution in [3.8, 4) is 11.4 Å². The number of benzene rings is 2. The van der Waals surface area contributed by atoms with E-state index in [1.54, 1.807) is 42.7 Å². The summed E-state index contributed by atoms with van der Waals surface area (Å²) < 4.78 is 42.2. The molecule has 0 aliphatic carbocycles. The zero-order valence-electron chi connectivity index (χ0n) is 22.1. The maximum atomic E-state index is 13.4. The van der Waals surface area contributed by atoms with Crippen LogP contribution in [0.25, 0.3) is 11.4 Å². The monoisotopic (exact) mass is 564 g/mol. The first-order valence-electron chi connectivity index (χ1n) is 12.7. The number of alkyl halides is 3. The van der Waals surface area contributed by atoms with Crippen LogP contribution >= 0.6 is 11.6 Å². The van der Waals surface area contributed by atoms with Crippen molar-refractivity contribution in [2.45, 2.75) is 38.7 Å². The fraction of sp³-hybridized carbons (Fsp3) is 0.444. The lowest BCUT2D eigenvalue weighted by atomic mass is 9.92. The number of rotatable bonds is 8. The molecule has 1 aliphatic rings. The summed E-state index contributed by atoms with van der Waals surface area (Å²) in [7, 11) is 2.07. The summed E-state index contributed by atoms with van der Waals surface area (Å²) in [5.41, 5.74) is -1.40. The zero-order valence-corrected chi connectivity index (χ0v) is 22.9. The summed E-state index contributed by atoms with van der Waals surface area (Å²) in [5.74, 6) is -0.137. The number of aromatic nitrogens is 3. The van der Waals surface area contributed by atoms with Crippen molar-refractivity contribution in [2.24, 2.45) is 0 Å². The highest BCUT2D eigenvalue weighted by Crippen LogP contribution is 2.32. The molecular weight excluding hydrogens is 533 g/mol. The van der Waals surface area contributed by atoms with Crippen molar-refractivity contribution < 1.29 is 18.0 Å². The van der Waals surface area contributed by atoms with Gasteiger partial charge in [0, 0.05) is 49.9 Å². The Hall–Kier alpha value is -3.15. The third kappa shape index (κ3) is 7.09. The standard InChI is InChI=1S/C27H32ClF3N6O2/c1-26(2,20-5-4-6-21(17-20)27(29,30)31)32-23(38)18-37-25(39)36(16-15-35-13-11-34(3)12-14-35)24(33-37)19-7-9-22(28)10-8-19/h4-10,17H,11-16,18H2,1-3H3,(H,32,38). The summed E-state index contributed by atoms with van der Waals surface area (Å²) in [6.45, 7) is 7.54. The first kappa shape index (κ1) is 28.8.